The predicted octanol–water partition coefficient (Wildman–Crippen LogP) is 3.38. The van der Waals surface area contributed by atoms with Gasteiger partial charge in [0.15, 0.2) is 0 Å². The van der Waals surface area contributed by atoms with Crippen LogP contribution >= 0.6 is 11.6 Å². The van der Waals surface area contributed by atoms with Crippen LogP contribution in [0.4, 0.5) is 4.39 Å². The van der Waals surface area contributed by atoms with Crippen molar-refractivity contribution in [1.82, 2.24) is 9.62 Å². The third kappa shape index (κ3) is 4.90. The number of piperidine rings is 1. The molecule has 1 atom stereocenters. The highest BCUT2D eigenvalue weighted by atomic mass is 35.5. The minimum Gasteiger partial charge on any atom is -0.354 e. The number of sulfonamides is 1. The van der Waals surface area contributed by atoms with Crippen molar-refractivity contribution in [3.8, 4) is 0 Å². The van der Waals surface area contributed by atoms with Crippen LogP contribution in [0.3, 0.4) is 0 Å². The zero-order chi connectivity index (χ0) is 20.1. The lowest BCUT2D eigenvalue weighted by molar-refractivity contribution is -0.125. The Hall–Kier alpha value is -1.96. The predicted molar refractivity (Wildman–Crippen MR) is 106 cm³/mol. The smallest absolute Gasteiger partial charge is 0.243 e. The molecular formula is C20H22ClFN2O3S. The summed E-state index contributed by atoms with van der Waals surface area (Å²) in [5, 5.41) is 3.49. The third-order valence-electron chi connectivity index (χ3n) is 4.80. The van der Waals surface area contributed by atoms with E-state index in [9.17, 15) is 17.6 Å². The third-order valence-corrected chi connectivity index (χ3v) is 6.98. The van der Waals surface area contributed by atoms with Gasteiger partial charge in [-0.05, 0) is 61.2 Å². The number of carbonyl (C=O) groups excluding carboxylic acids is 1. The number of carbonyl (C=O) groups is 1. The first-order valence-electron chi connectivity index (χ1n) is 9.17. The van der Waals surface area contributed by atoms with E-state index in [1.165, 1.54) is 16.4 Å². The highest BCUT2D eigenvalue weighted by molar-refractivity contribution is 7.89. The van der Waals surface area contributed by atoms with Crippen molar-refractivity contribution in [3.63, 3.8) is 0 Å². The van der Waals surface area contributed by atoms with E-state index in [1.807, 2.05) is 12.1 Å². The average Bonchev–Trinajstić information content (AvgIpc) is 2.70. The molecule has 2 aromatic rings. The quantitative estimate of drug-likeness (QED) is 0.773. The lowest BCUT2D eigenvalue weighted by Crippen LogP contribution is -2.52. The Morgan fingerprint density at radius 1 is 1.11 bits per heavy atom. The minimum absolute atomic E-state index is 0.00485. The normalized spacial score (nSPS) is 18.0. The lowest BCUT2D eigenvalue weighted by atomic mass is 10.0. The van der Waals surface area contributed by atoms with Gasteiger partial charge >= 0.3 is 0 Å². The summed E-state index contributed by atoms with van der Waals surface area (Å²) in [7, 11) is -3.86. The van der Waals surface area contributed by atoms with E-state index >= 15 is 0 Å². The Labute approximate surface area is 169 Å². The van der Waals surface area contributed by atoms with Crippen LogP contribution < -0.4 is 5.32 Å². The number of hydrogen-bond donors (Lipinski definition) is 1. The van der Waals surface area contributed by atoms with Crippen LogP contribution in [0.15, 0.2) is 53.4 Å². The first-order chi connectivity index (χ1) is 13.4. The molecule has 1 fully saturated rings. The summed E-state index contributed by atoms with van der Waals surface area (Å²) in [6, 6.07) is 11.3. The van der Waals surface area contributed by atoms with Gasteiger partial charge in [-0.3, -0.25) is 4.79 Å². The van der Waals surface area contributed by atoms with E-state index in [4.69, 9.17) is 11.6 Å². The van der Waals surface area contributed by atoms with Gasteiger partial charge in [-0.2, -0.15) is 4.31 Å². The van der Waals surface area contributed by atoms with Crippen molar-refractivity contribution in [2.24, 2.45) is 0 Å². The summed E-state index contributed by atoms with van der Waals surface area (Å²) < 4.78 is 40.3. The zero-order valence-corrected chi connectivity index (χ0v) is 16.8. The molecule has 0 aliphatic carbocycles. The summed E-state index contributed by atoms with van der Waals surface area (Å²) in [5.74, 6) is -0.812. The Kier molecular flexibility index (Phi) is 6.69. The topological polar surface area (TPSA) is 66.5 Å². The molecule has 28 heavy (non-hydrogen) atoms. The number of hydrogen-bond acceptors (Lipinski definition) is 3. The van der Waals surface area contributed by atoms with Gasteiger partial charge in [0, 0.05) is 18.1 Å². The van der Waals surface area contributed by atoms with Gasteiger partial charge in [0.05, 0.1) is 4.90 Å². The summed E-state index contributed by atoms with van der Waals surface area (Å²) in [6.07, 6.45) is 2.56. The van der Waals surface area contributed by atoms with Crippen LogP contribution in [0.2, 0.25) is 5.02 Å². The van der Waals surface area contributed by atoms with Crippen LogP contribution in [0.5, 0.6) is 0 Å². The number of nitrogens with zero attached hydrogens (tertiary/aromatic N) is 1. The molecule has 0 saturated carbocycles. The maximum Gasteiger partial charge on any atom is 0.243 e. The summed E-state index contributed by atoms with van der Waals surface area (Å²) in [6.45, 7) is 0.677. The summed E-state index contributed by atoms with van der Waals surface area (Å²) in [4.78, 5) is 12.7. The number of rotatable bonds is 6. The SMILES string of the molecule is O=C(NCCc1ccc(Cl)cc1)[C@@H]1CCCCN1S(=O)(=O)c1ccc(F)cc1. The Morgan fingerprint density at radius 2 is 1.79 bits per heavy atom. The monoisotopic (exact) mass is 424 g/mol. The van der Waals surface area contributed by atoms with Crippen molar-refractivity contribution < 1.29 is 17.6 Å². The molecule has 0 radical (unpaired) electrons. The van der Waals surface area contributed by atoms with Gasteiger partial charge in [0.25, 0.3) is 0 Å². The second-order valence-electron chi connectivity index (χ2n) is 6.75. The van der Waals surface area contributed by atoms with Gasteiger partial charge in [-0.1, -0.05) is 30.2 Å². The van der Waals surface area contributed by atoms with Gasteiger partial charge in [0.1, 0.15) is 11.9 Å². The number of benzene rings is 2. The molecule has 2 aromatic carbocycles. The molecule has 0 spiro atoms. The maximum atomic E-state index is 13.1. The molecule has 1 aliphatic heterocycles. The van der Waals surface area contributed by atoms with Gasteiger partial charge in [-0.15, -0.1) is 0 Å². The largest absolute Gasteiger partial charge is 0.354 e. The molecule has 1 N–H and O–H groups in total. The zero-order valence-electron chi connectivity index (χ0n) is 15.3. The molecular weight excluding hydrogens is 403 g/mol. The van der Waals surface area contributed by atoms with Crippen molar-refractivity contribution in [2.45, 2.75) is 36.6 Å². The molecule has 0 aromatic heterocycles. The molecule has 3 rings (SSSR count). The van der Waals surface area contributed by atoms with Crippen LogP contribution in [0, 0.1) is 5.82 Å². The Balaban J connectivity index is 1.67. The summed E-state index contributed by atoms with van der Waals surface area (Å²) >= 11 is 5.86. The molecule has 1 amide bonds. The number of amides is 1. The number of halogens is 2. The standard InChI is InChI=1S/C20H22ClFN2O3S/c21-16-6-4-15(5-7-16)12-13-23-20(25)19-3-1-2-14-24(19)28(26,27)18-10-8-17(22)9-11-18/h4-11,19H,1-3,12-14H2,(H,23,25)/t19-/m0/s1. The van der Waals surface area contributed by atoms with Crippen molar-refractivity contribution in [2.75, 3.05) is 13.1 Å². The van der Waals surface area contributed by atoms with E-state index < -0.39 is 21.9 Å². The number of nitrogens with one attached hydrogen (secondary N) is 1. The van der Waals surface area contributed by atoms with E-state index in [0.717, 1.165) is 24.1 Å². The van der Waals surface area contributed by atoms with Gasteiger partial charge in [0.2, 0.25) is 15.9 Å². The molecule has 5 nitrogen and oxygen atoms in total. The minimum atomic E-state index is -3.86. The lowest BCUT2D eigenvalue weighted by Gasteiger charge is -2.33. The van der Waals surface area contributed by atoms with Crippen LogP contribution in [-0.2, 0) is 21.2 Å². The van der Waals surface area contributed by atoms with E-state index in [-0.39, 0.29) is 17.3 Å². The fourth-order valence-electron chi connectivity index (χ4n) is 3.30. The highest BCUT2D eigenvalue weighted by Gasteiger charge is 2.37. The van der Waals surface area contributed by atoms with Crippen LogP contribution in [-0.4, -0.2) is 37.8 Å². The van der Waals surface area contributed by atoms with E-state index in [1.54, 1.807) is 12.1 Å². The Bertz CT molecular complexity index is 917. The van der Waals surface area contributed by atoms with Crippen molar-refractivity contribution in [3.05, 3.63) is 64.9 Å². The fraction of sp³-hybridized carbons (Fsp3) is 0.350. The van der Waals surface area contributed by atoms with E-state index in [2.05, 4.69) is 5.32 Å². The second-order valence-corrected chi connectivity index (χ2v) is 9.08. The first-order valence-corrected chi connectivity index (χ1v) is 11.0. The maximum absolute atomic E-state index is 13.1. The van der Waals surface area contributed by atoms with Crippen LogP contribution in [0.1, 0.15) is 24.8 Å². The molecule has 1 heterocycles. The molecule has 0 unspecified atom stereocenters. The van der Waals surface area contributed by atoms with Crippen LogP contribution in [0.25, 0.3) is 0 Å². The molecule has 8 heteroatoms. The molecule has 1 saturated heterocycles. The first kappa shape index (κ1) is 20.8. The van der Waals surface area contributed by atoms with E-state index in [0.29, 0.717) is 30.8 Å². The molecule has 150 valence electrons. The highest BCUT2D eigenvalue weighted by Crippen LogP contribution is 2.25. The Morgan fingerprint density at radius 3 is 2.46 bits per heavy atom. The molecule has 0 bridgehead atoms. The van der Waals surface area contributed by atoms with Crippen molar-refractivity contribution in [1.29, 1.82) is 0 Å². The fourth-order valence-corrected chi connectivity index (χ4v) is 5.08. The average molecular weight is 425 g/mol. The summed E-state index contributed by atoms with van der Waals surface area (Å²) in [5.41, 5.74) is 1.03. The van der Waals surface area contributed by atoms with Gasteiger partial charge < -0.3 is 5.32 Å². The van der Waals surface area contributed by atoms with Gasteiger partial charge in [-0.25, -0.2) is 12.8 Å². The second kappa shape index (κ2) is 9.03. The van der Waals surface area contributed by atoms with Crippen molar-refractivity contribution >= 4 is 27.5 Å². The molecule has 1 aliphatic rings.